The van der Waals surface area contributed by atoms with Crippen LogP contribution >= 0.6 is 0 Å². The second-order valence-corrected chi connectivity index (χ2v) is 4.14. The maximum Gasteiger partial charge on any atom is 0.253 e. The van der Waals surface area contributed by atoms with Crippen LogP contribution < -0.4 is 5.32 Å². The van der Waals surface area contributed by atoms with Crippen molar-refractivity contribution >= 4 is 16.8 Å². The molecule has 0 fully saturated rings. The smallest absolute Gasteiger partial charge is 0.253 e. The van der Waals surface area contributed by atoms with Gasteiger partial charge in [0.05, 0.1) is 23.7 Å². The third kappa shape index (κ3) is 2.49. The average molecular weight is 244 g/mol. The number of amides is 1. The molecule has 1 atom stereocenters. The molecule has 2 aromatic rings. The Kier molecular flexibility index (Phi) is 3.89. The molecule has 0 aliphatic rings. The molecule has 1 heterocycles. The molecule has 1 unspecified atom stereocenters. The van der Waals surface area contributed by atoms with Crippen LogP contribution in [0.15, 0.2) is 36.5 Å². The zero-order valence-electron chi connectivity index (χ0n) is 10.3. The predicted octanol–water partition coefficient (Wildman–Crippen LogP) is 1.74. The number of rotatable bonds is 4. The first-order chi connectivity index (χ1) is 8.76. The summed E-state index contributed by atoms with van der Waals surface area (Å²) >= 11 is 0. The first-order valence-electron chi connectivity index (χ1n) is 6.01. The minimum absolute atomic E-state index is 0.0551. The summed E-state index contributed by atoms with van der Waals surface area (Å²) in [5, 5.41) is 12.8. The Morgan fingerprint density at radius 2 is 2.17 bits per heavy atom. The number of aliphatic hydroxyl groups excluding tert-OH is 1. The number of nitrogens with one attached hydrogen (secondary N) is 1. The summed E-state index contributed by atoms with van der Waals surface area (Å²) in [6.45, 7) is 1.86. The van der Waals surface area contributed by atoms with Crippen LogP contribution in [0.1, 0.15) is 23.7 Å². The SMILES string of the molecule is CCC(CO)NC(=O)c1cccc2cccnc12. The normalized spacial score (nSPS) is 12.3. The highest BCUT2D eigenvalue weighted by molar-refractivity contribution is 6.05. The number of aliphatic hydroxyl groups is 1. The molecular formula is C14H16N2O2. The summed E-state index contributed by atoms with van der Waals surface area (Å²) in [4.78, 5) is 16.4. The zero-order chi connectivity index (χ0) is 13.0. The Hall–Kier alpha value is -1.94. The van der Waals surface area contributed by atoms with Crippen LogP contribution in [0.5, 0.6) is 0 Å². The first-order valence-corrected chi connectivity index (χ1v) is 6.01. The monoisotopic (exact) mass is 244 g/mol. The molecule has 1 aromatic carbocycles. The van der Waals surface area contributed by atoms with Crippen LogP contribution in [-0.2, 0) is 0 Å². The Balaban J connectivity index is 2.33. The maximum absolute atomic E-state index is 12.1. The van der Waals surface area contributed by atoms with E-state index < -0.39 is 0 Å². The summed E-state index contributed by atoms with van der Waals surface area (Å²) in [7, 11) is 0. The fourth-order valence-corrected chi connectivity index (χ4v) is 1.83. The number of aromatic nitrogens is 1. The summed E-state index contributed by atoms with van der Waals surface area (Å²) in [5.41, 5.74) is 1.23. The van der Waals surface area contributed by atoms with Crippen molar-refractivity contribution in [2.75, 3.05) is 6.61 Å². The quantitative estimate of drug-likeness (QED) is 0.861. The zero-order valence-corrected chi connectivity index (χ0v) is 10.3. The van der Waals surface area contributed by atoms with E-state index in [4.69, 9.17) is 5.11 Å². The van der Waals surface area contributed by atoms with Gasteiger partial charge in [-0.15, -0.1) is 0 Å². The molecule has 4 heteroatoms. The van der Waals surface area contributed by atoms with Gasteiger partial charge in [0.2, 0.25) is 0 Å². The summed E-state index contributed by atoms with van der Waals surface area (Å²) < 4.78 is 0. The highest BCUT2D eigenvalue weighted by Gasteiger charge is 2.14. The van der Waals surface area contributed by atoms with Gasteiger partial charge in [-0.05, 0) is 18.6 Å². The Labute approximate surface area is 106 Å². The van der Waals surface area contributed by atoms with Crippen LogP contribution in [0.25, 0.3) is 10.9 Å². The minimum Gasteiger partial charge on any atom is -0.394 e. The maximum atomic E-state index is 12.1. The lowest BCUT2D eigenvalue weighted by Crippen LogP contribution is -2.37. The number of hydrogen-bond acceptors (Lipinski definition) is 3. The first kappa shape index (κ1) is 12.5. The van der Waals surface area contributed by atoms with Gasteiger partial charge >= 0.3 is 0 Å². The lowest BCUT2D eigenvalue weighted by atomic mass is 10.1. The molecular weight excluding hydrogens is 228 g/mol. The van der Waals surface area contributed by atoms with Gasteiger partial charge < -0.3 is 10.4 Å². The van der Waals surface area contributed by atoms with Crippen LogP contribution in [0.3, 0.4) is 0 Å². The number of pyridine rings is 1. The number of nitrogens with zero attached hydrogens (tertiary/aromatic N) is 1. The highest BCUT2D eigenvalue weighted by atomic mass is 16.3. The third-order valence-corrected chi connectivity index (χ3v) is 2.93. The third-order valence-electron chi connectivity index (χ3n) is 2.93. The lowest BCUT2D eigenvalue weighted by molar-refractivity contribution is 0.0916. The molecule has 0 radical (unpaired) electrons. The number of para-hydroxylation sites is 1. The van der Waals surface area contributed by atoms with Crippen molar-refractivity contribution in [1.82, 2.24) is 10.3 Å². The van der Waals surface area contributed by atoms with E-state index in [9.17, 15) is 4.79 Å². The molecule has 18 heavy (non-hydrogen) atoms. The molecule has 1 aromatic heterocycles. The van der Waals surface area contributed by atoms with Crippen LogP contribution in [0.2, 0.25) is 0 Å². The standard InChI is InChI=1S/C14H16N2O2/c1-2-11(9-17)16-14(18)12-7-3-5-10-6-4-8-15-13(10)12/h3-8,11,17H,2,9H2,1H3,(H,16,18). The van der Waals surface area contributed by atoms with Crippen molar-refractivity contribution in [2.45, 2.75) is 19.4 Å². The lowest BCUT2D eigenvalue weighted by Gasteiger charge is -2.14. The van der Waals surface area contributed by atoms with Crippen molar-refractivity contribution in [3.05, 3.63) is 42.1 Å². The largest absolute Gasteiger partial charge is 0.394 e. The van der Waals surface area contributed by atoms with E-state index >= 15 is 0 Å². The van der Waals surface area contributed by atoms with Gasteiger partial charge in [-0.1, -0.05) is 25.1 Å². The molecule has 0 bridgehead atoms. The molecule has 1 amide bonds. The van der Waals surface area contributed by atoms with Crippen molar-refractivity contribution in [2.24, 2.45) is 0 Å². The number of benzene rings is 1. The second kappa shape index (κ2) is 5.60. The van der Waals surface area contributed by atoms with E-state index in [2.05, 4.69) is 10.3 Å². The number of carbonyl (C=O) groups excluding carboxylic acids is 1. The highest BCUT2D eigenvalue weighted by Crippen LogP contribution is 2.15. The average Bonchev–Trinajstić information content (AvgIpc) is 2.43. The van der Waals surface area contributed by atoms with Crippen molar-refractivity contribution in [3.8, 4) is 0 Å². The van der Waals surface area contributed by atoms with E-state index in [1.54, 1.807) is 12.3 Å². The number of fused-ring (bicyclic) bond motifs is 1. The molecule has 94 valence electrons. The molecule has 0 spiro atoms. The fourth-order valence-electron chi connectivity index (χ4n) is 1.83. The van der Waals surface area contributed by atoms with E-state index in [-0.39, 0.29) is 18.6 Å². The molecule has 0 aliphatic heterocycles. The predicted molar refractivity (Wildman–Crippen MR) is 70.4 cm³/mol. The van der Waals surface area contributed by atoms with Crippen LogP contribution in [0.4, 0.5) is 0 Å². The van der Waals surface area contributed by atoms with Gasteiger partial charge in [0.15, 0.2) is 0 Å². The van der Waals surface area contributed by atoms with Crippen molar-refractivity contribution in [3.63, 3.8) is 0 Å². The van der Waals surface area contributed by atoms with Crippen LogP contribution in [0, 0.1) is 0 Å². The van der Waals surface area contributed by atoms with E-state index in [0.29, 0.717) is 17.5 Å². The van der Waals surface area contributed by atoms with Crippen LogP contribution in [-0.4, -0.2) is 28.6 Å². The van der Waals surface area contributed by atoms with Gasteiger partial charge in [0.25, 0.3) is 5.91 Å². The van der Waals surface area contributed by atoms with Gasteiger partial charge in [0, 0.05) is 11.6 Å². The Morgan fingerprint density at radius 3 is 2.89 bits per heavy atom. The molecule has 0 saturated heterocycles. The molecule has 4 nitrogen and oxygen atoms in total. The topological polar surface area (TPSA) is 62.2 Å². The number of carbonyl (C=O) groups is 1. The van der Waals surface area contributed by atoms with Gasteiger partial charge in [-0.3, -0.25) is 9.78 Å². The number of hydrogen-bond donors (Lipinski definition) is 2. The van der Waals surface area contributed by atoms with Crippen molar-refractivity contribution in [1.29, 1.82) is 0 Å². The van der Waals surface area contributed by atoms with E-state index in [1.807, 2.05) is 31.2 Å². The molecule has 2 rings (SSSR count). The van der Waals surface area contributed by atoms with Gasteiger partial charge in [0.1, 0.15) is 0 Å². The summed E-state index contributed by atoms with van der Waals surface area (Å²) in [6, 6.07) is 9.04. The van der Waals surface area contributed by atoms with E-state index in [0.717, 1.165) is 5.39 Å². The van der Waals surface area contributed by atoms with Gasteiger partial charge in [-0.2, -0.15) is 0 Å². The molecule has 0 saturated carbocycles. The summed E-state index contributed by atoms with van der Waals surface area (Å²) in [5.74, 6) is -0.194. The Morgan fingerprint density at radius 1 is 1.39 bits per heavy atom. The minimum atomic E-state index is -0.212. The summed E-state index contributed by atoms with van der Waals surface area (Å²) in [6.07, 6.45) is 2.36. The second-order valence-electron chi connectivity index (χ2n) is 4.14. The van der Waals surface area contributed by atoms with Crippen molar-refractivity contribution < 1.29 is 9.90 Å². The molecule has 0 aliphatic carbocycles. The van der Waals surface area contributed by atoms with Gasteiger partial charge in [-0.25, -0.2) is 0 Å². The fraction of sp³-hybridized carbons (Fsp3) is 0.286. The van der Waals surface area contributed by atoms with E-state index in [1.165, 1.54) is 0 Å². The molecule has 2 N–H and O–H groups in total. The Bertz CT molecular complexity index is 545.